The SMILES string of the molecule is Cc1ccc2cc3ccccc3nc2c1. The van der Waals surface area contributed by atoms with Gasteiger partial charge in [0.2, 0.25) is 0 Å². The molecule has 1 heteroatoms. The molecular weight excluding hydrogens is 182 g/mol. The van der Waals surface area contributed by atoms with Crippen molar-refractivity contribution in [3.05, 3.63) is 54.1 Å². The number of rotatable bonds is 0. The maximum absolute atomic E-state index is 4.64. The summed E-state index contributed by atoms with van der Waals surface area (Å²) < 4.78 is 0. The van der Waals surface area contributed by atoms with Gasteiger partial charge in [0.1, 0.15) is 0 Å². The summed E-state index contributed by atoms with van der Waals surface area (Å²) in [5, 5.41) is 2.41. The Hall–Kier alpha value is -1.89. The number of hydrogen-bond donors (Lipinski definition) is 0. The number of benzene rings is 2. The van der Waals surface area contributed by atoms with E-state index in [-0.39, 0.29) is 0 Å². The van der Waals surface area contributed by atoms with Gasteiger partial charge in [0.05, 0.1) is 11.0 Å². The standard InChI is InChI=1S/C14H11N/c1-10-6-7-12-9-11-4-2-3-5-13(11)15-14(12)8-10/h2-9H,1H3. The third-order valence-corrected chi connectivity index (χ3v) is 2.67. The lowest BCUT2D eigenvalue weighted by Crippen LogP contribution is -1.82. The van der Waals surface area contributed by atoms with Gasteiger partial charge in [0, 0.05) is 10.8 Å². The molecule has 0 aliphatic heterocycles. The van der Waals surface area contributed by atoms with E-state index in [4.69, 9.17) is 0 Å². The van der Waals surface area contributed by atoms with E-state index in [9.17, 15) is 0 Å². The van der Waals surface area contributed by atoms with E-state index in [1.807, 2.05) is 12.1 Å². The first-order valence-corrected chi connectivity index (χ1v) is 5.09. The van der Waals surface area contributed by atoms with Gasteiger partial charge in [-0.2, -0.15) is 0 Å². The average Bonchev–Trinajstić information content (AvgIpc) is 2.26. The second kappa shape index (κ2) is 3.06. The van der Waals surface area contributed by atoms with E-state index >= 15 is 0 Å². The summed E-state index contributed by atoms with van der Waals surface area (Å²) in [6.07, 6.45) is 0. The molecule has 1 nitrogen and oxygen atoms in total. The molecule has 0 fully saturated rings. The minimum Gasteiger partial charge on any atom is -0.248 e. The normalized spacial score (nSPS) is 11.0. The van der Waals surface area contributed by atoms with Gasteiger partial charge >= 0.3 is 0 Å². The zero-order chi connectivity index (χ0) is 10.3. The second-order valence-corrected chi connectivity index (χ2v) is 3.88. The first-order valence-electron chi connectivity index (χ1n) is 5.09. The average molecular weight is 193 g/mol. The van der Waals surface area contributed by atoms with Gasteiger partial charge < -0.3 is 0 Å². The maximum atomic E-state index is 4.64. The molecule has 1 aromatic heterocycles. The second-order valence-electron chi connectivity index (χ2n) is 3.88. The van der Waals surface area contributed by atoms with Crippen molar-refractivity contribution in [1.29, 1.82) is 0 Å². The number of aryl methyl sites for hydroxylation is 1. The largest absolute Gasteiger partial charge is 0.248 e. The highest BCUT2D eigenvalue weighted by molar-refractivity contribution is 5.92. The number of hydrogen-bond acceptors (Lipinski definition) is 1. The third-order valence-electron chi connectivity index (χ3n) is 2.67. The monoisotopic (exact) mass is 193 g/mol. The van der Waals surface area contributed by atoms with Crippen LogP contribution in [0, 0.1) is 6.92 Å². The van der Waals surface area contributed by atoms with Gasteiger partial charge in [-0.25, -0.2) is 4.98 Å². The first kappa shape index (κ1) is 8.42. The van der Waals surface area contributed by atoms with Crippen LogP contribution >= 0.6 is 0 Å². The predicted octanol–water partition coefficient (Wildman–Crippen LogP) is 3.70. The minimum atomic E-state index is 1.07. The van der Waals surface area contributed by atoms with Crippen LogP contribution < -0.4 is 0 Å². The lowest BCUT2D eigenvalue weighted by atomic mass is 10.1. The van der Waals surface area contributed by atoms with Gasteiger partial charge in [0.15, 0.2) is 0 Å². The highest BCUT2D eigenvalue weighted by Gasteiger charge is 1.98. The van der Waals surface area contributed by atoms with Crippen LogP contribution in [0.3, 0.4) is 0 Å². The van der Waals surface area contributed by atoms with Crippen molar-refractivity contribution in [2.24, 2.45) is 0 Å². The fourth-order valence-electron chi connectivity index (χ4n) is 1.88. The van der Waals surface area contributed by atoms with Gasteiger partial charge in [-0.15, -0.1) is 0 Å². The number of para-hydroxylation sites is 1. The molecule has 1 heterocycles. The molecule has 0 spiro atoms. The Morgan fingerprint density at radius 2 is 1.60 bits per heavy atom. The van der Waals surface area contributed by atoms with E-state index in [0.717, 1.165) is 11.0 Å². The molecule has 0 amide bonds. The molecule has 2 aromatic carbocycles. The molecule has 0 unspecified atom stereocenters. The summed E-state index contributed by atoms with van der Waals surface area (Å²) in [6, 6.07) is 16.8. The highest BCUT2D eigenvalue weighted by Crippen LogP contribution is 2.19. The summed E-state index contributed by atoms with van der Waals surface area (Å²) in [6.45, 7) is 2.09. The quantitative estimate of drug-likeness (QED) is 0.496. The fraction of sp³-hybridized carbons (Fsp3) is 0.0714. The summed E-state index contributed by atoms with van der Waals surface area (Å²) in [4.78, 5) is 4.64. The highest BCUT2D eigenvalue weighted by atomic mass is 14.7. The Balaban J connectivity index is 2.47. The maximum Gasteiger partial charge on any atom is 0.0712 e. The van der Waals surface area contributed by atoms with Crippen molar-refractivity contribution < 1.29 is 0 Å². The summed E-state index contributed by atoms with van der Waals surface area (Å²) in [5.41, 5.74) is 3.40. The van der Waals surface area contributed by atoms with Crippen LogP contribution in [0.2, 0.25) is 0 Å². The molecule has 0 bridgehead atoms. The molecule has 3 aromatic rings. The van der Waals surface area contributed by atoms with Gasteiger partial charge in [0.25, 0.3) is 0 Å². The van der Waals surface area contributed by atoms with Gasteiger partial charge in [-0.3, -0.25) is 0 Å². The molecule has 0 atom stereocenters. The molecule has 0 aliphatic carbocycles. The summed E-state index contributed by atoms with van der Waals surface area (Å²) in [5.74, 6) is 0. The van der Waals surface area contributed by atoms with Crippen LogP contribution in [0.5, 0.6) is 0 Å². The van der Waals surface area contributed by atoms with Crippen LogP contribution in [0.1, 0.15) is 5.56 Å². The van der Waals surface area contributed by atoms with Crippen LogP contribution in [-0.2, 0) is 0 Å². The molecule has 0 saturated carbocycles. The summed E-state index contributed by atoms with van der Waals surface area (Å²) >= 11 is 0. The third kappa shape index (κ3) is 1.37. The zero-order valence-corrected chi connectivity index (χ0v) is 8.57. The first-order chi connectivity index (χ1) is 7.33. The molecule has 0 radical (unpaired) electrons. The molecule has 3 rings (SSSR count). The number of nitrogens with zero attached hydrogens (tertiary/aromatic N) is 1. The van der Waals surface area contributed by atoms with Crippen molar-refractivity contribution >= 4 is 21.8 Å². The lowest BCUT2D eigenvalue weighted by Gasteiger charge is -2.01. The molecule has 0 N–H and O–H groups in total. The van der Waals surface area contributed by atoms with Crippen molar-refractivity contribution in [3.8, 4) is 0 Å². The number of pyridine rings is 1. The van der Waals surface area contributed by atoms with E-state index in [1.54, 1.807) is 0 Å². The Morgan fingerprint density at radius 3 is 2.53 bits per heavy atom. The van der Waals surface area contributed by atoms with Crippen molar-refractivity contribution in [1.82, 2.24) is 4.98 Å². The van der Waals surface area contributed by atoms with Crippen molar-refractivity contribution in [2.45, 2.75) is 6.92 Å². The van der Waals surface area contributed by atoms with Crippen LogP contribution in [-0.4, -0.2) is 4.98 Å². The van der Waals surface area contributed by atoms with E-state index in [0.29, 0.717) is 0 Å². The number of aromatic nitrogens is 1. The Bertz CT molecular complexity index is 641. The Morgan fingerprint density at radius 1 is 0.800 bits per heavy atom. The Kier molecular flexibility index (Phi) is 1.72. The molecule has 0 saturated heterocycles. The fourth-order valence-corrected chi connectivity index (χ4v) is 1.88. The molecule has 72 valence electrons. The van der Waals surface area contributed by atoms with E-state index < -0.39 is 0 Å². The Labute approximate surface area is 88.4 Å². The van der Waals surface area contributed by atoms with Crippen LogP contribution in [0.25, 0.3) is 21.8 Å². The predicted molar refractivity (Wildman–Crippen MR) is 64.0 cm³/mol. The minimum absolute atomic E-state index is 1.07. The topological polar surface area (TPSA) is 12.9 Å². The van der Waals surface area contributed by atoms with Crippen molar-refractivity contribution in [3.63, 3.8) is 0 Å². The number of fused-ring (bicyclic) bond motifs is 2. The molecular formula is C14H11N. The van der Waals surface area contributed by atoms with Crippen molar-refractivity contribution in [2.75, 3.05) is 0 Å². The van der Waals surface area contributed by atoms with Crippen LogP contribution in [0.4, 0.5) is 0 Å². The summed E-state index contributed by atoms with van der Waals surface area (Å²) in [7, 11) is 0. The smallest absolute Gasteiger partial charge is 0.0712 e. The molecule has 15 heavy (non-hydrogen) atoms. The van der Waals surface area contributed by atoms with Crippen LogP contribution in [0.15, 0.2) is 48.5 Å². The van der Waals surface area contributed by atoms with E-state index in [2.05, 4.69) is 48.3 Å². The van der Waals surface area contributed by atoms with Gasteiger partial charge in [-0.1, -0.05) is 30.3 Å². The zero-order valence-electron chi connectivity index (χ0n) is 8.57. The lowest BCUT2D eigenvalue weighted by molar-refractivity contribution is 1.44. The van der Waals surface area contributed by atoms with E-state index in [1.165, 1.54) is 16.3 Å². The molecule has 0 aliphatic rings. The van der Waals surface area contributed by atoms with Gasteiger partial charge in [-0.05, 0) is 30.7 Å².